The van der Waals surface area contributed by atoms with E-state index >= 15 is 0 Å². The van der Waals surface area contributed by atoms with Crippen molar-refractivity contribution in [2.75, 3.05) is 13.6 Å². The number of carbonyl (C=O) groups excluding carboxylic acids is 1. The average Bonchev–Trinajstić information content (AvgIpc) is 2.65. The zero-order valence-electron chi connectivity index (χ0n) is 15.9. The van der Waals surface area contributed by atoms with Crippen LogP contribution in [0.4, 0.5) is 10.5 Å². The summed E-state index contributed by atoms with van der Waals surface area (Å²) >= 11 is 0. The molecule has 1 aliphatic rings. The molecule has 0 heterocycles. The molecule has 7 heteroatoms. The molecule has 2 rings (SSSR count). The molecule has 0 spiro atoms. The summed E-state index contributed by atoms with van der Waals surface area (Å²) in [4.78, 5) is 22.1. The van der Waals surface area contributed by atoms with Gasteiger partial charge in [0.25, 0.3) is 5.69 Å². The first-order valence-corrected chi connectivity index (χ1v) is 9.36. The van der Waals surface area contributed by atoms with Gasteiger partial charge in [-0.3, -0.25) is 10.1 Å². The predicted molar refractivity (Wildman–Crippen MR) is 100 cm³/mol. The standard InChI is InChI=1S/C17H24N2O5.C2H6/c1-18-12-16(11-13-5-3-2-4-6-13)24-17(20)23-15-9-7-14(8-10-15)19(21)22;1-2/h7-10,13,16,18H,2-6,11-12H2,1H3;1-2H3. The monoisotopic (exact) mass is 366 g/mol. The molecule has 7 nitrogen and oxygen atoms in total. The molecule has 1 N–H and O–H groups in total. The Bertz CT molecular complexity index is 541. The highest BCUT2D eigenvalue weighted by Gasteiger charge is 2.22. The highest BCUT2D eigenvalue weighted by molar-refractivity contribution is 5.64. The first-order valence-electron chi connectivity index (χ1n) is 9.36. The average molecular weight is 366 g/mol. The summed E-state index contributed by atoms with van der Waals surface area (Å²) in [6, 6.07) is 5.34. The number of nitrogens with one attached hydrogen (secondary N) is 1. The number of hydrogen-bond donors (Lipinski definition) is 1. The van der Waals surface area contributed by atoms with Gasteiger partial charge in [-0.15, -0.1) is 0 Å². The number of rotatable bonds is 7. The lowest BCUT2D eigenvalue weighted by Gasteiger charge is -2.26. The van der Waals surface area contributed by atoms with E-state index in [4.69, 9.17) is 9.47 Å². The summed E-state index contributed by atoms with van der Waals surface area (Å²) < 4.78 is 10.5. The first-order chi connectivity index (χ1) is 12.6. The van der Waals surface area contributed by atoms with Gasteiger partial charge < -0.3 is 14.8 Å². The molecule has 0 bridgehead atoms. The van der Waals surface area contributed by atoms with E-state index in [2.05, 4.69) is 5.32 Å². The first kappa shape index (κ1) is 21.9. The fourth-order valence-corrected chi connectivity index (χ4v) is 3.09. The van der Waals surface area contributed by atoms with Crippen LogP contribution in [-0.4, -0.2) is 30.8 Å². The lowest BCUT2D eigenvalue weighted by molar-refractivity contribution is -0.384. The van der Waals surface area contributed by atoms with Gasteiger partial charge in [-0.05, 0) is 31.5 Å². The number of nitro benzene ring substituents is 1. The summed E-state index contributed by atoms with van der Waals surface area (Å²) in [6.07, 6.45) is 5.95. The van der Waals surface area contributed by atoms with Crippen molar-refractivity contribution in [2.45, 2.75) is 58.5 Å². The van der Waals surface area contributed by atoms with Crippen molar-refractivity contribution < 1.29 is 19.2 Å². The van der Waals surface area contributed by atoms with Crippen molar-refractivity contribution >= 4 is 11.8 Å². The molecular weight excluding hydrogens is 336 g/mol. The van der Waals surface area contributed by atoms with E-state index in [-0.39, 0.29) is 17.5 Å². The van der Waals surface area contributed by atoms with E-state index in [0.717, 1.165) is 6.42 Å². The summed E-state index contributed by atoms with van der Waals surface area (Å²) in [5.41, 5.74) is -0.0546. The van der Waals surface area contributed by atoms with Crippen LogP contribution in [0.25, 0.3) is 0 Å². The van der Waals surface area contributed by atoms with E-state index in [9.17, 15) is 14.9 Å². The van der Waals surface area contributed by atoms with Crippen molar-refractivity contribution in [3.05, 3.63) is 34.4 Å². The van der Waals surface area contributed by atoms with E-state index < -0.39 is 11.1 Å². The third kappa shape index (κ3) is 7.82. The predicted octanol–water partition coefficient (Wildman–Crippen LogP) is 4.69. The number of hydrogen-bond acceptors (Lipinski definition) is 6. The van der Waals surface area contributed by atoms with Gasteiger partial charge in [0.1, 0.15) is 11.9 Å². The smallest absolute Gasteiger partial charge is 0.429 e. The molecule has 1 atom stereocenters. The molecule has 1 fully saturated rings. The van der Waals surface area contributed by atoms with Gasteiger partial charge in [0.05, 0.1) is 4.92 Å². The van der Waals surface area contributed by atoms with Crippen molar-refractivity contribution in [1.29, 1.82) is 0 Å². The Morgan fingerprint density at radius 2 is 1.85 bits per heavy atom. The molecule has 26 heavy (non-hydrogen) atoms. The number of benzene rings is 1. The normalized spacial score (nSPS) is 15.3. The Morgan fingerprint density at radius 1 is 1.23 bits per heavy atom. The van der Waals surface area contributed by atoms with Gasteiger partial charge in [0, 0.05) is 18.7 Å². The van der Waals surface area contributed by atoms with Gasteiger partial charge in [0.15, 0.2) is 0 Å². The van der Waals surface area contributed by atoms with Crippen LogP contribution in [0.3, 0.4) is 0 Å². The Kier molecular flexibility index (Phi) is 10.3. The molecule has 0 aromatic heterocycles. The van der Waals surface area contributed by atoms with Crippen molar-refractivity contribution in [1.82, 2.24) is 5.32 Å². The third-order valence-corrected chi connectivity index (χ3v) is 4.26. The molecule has 0 amide bonds. The number of likely N-dealkylation sites (N-methyl/N-ethyl adjacent to an activating group) is 1. The van der Waals surface area contributed by atoms with E-state index in [1.165, 1.54) is 56.4 Å². The Balaban J connectivity index is 0.00000163. The lowest BCUT2D eigenvalue weighted by atomic mass is 9.85. The van der Waals surface area contributed by atoms with Gasteiger partial charge >= 0.3 is 6.16 Å². The van der Waals surface area contributed by atoms with E-state index in [0.29, 0.717) is 12.5 Å². The second kappa shape index (κ2) is 12.2. The molecular formula is C19H30N2O5. The van der Waals surface area contributed by atoms with Crippen LogP contribution < -0.4 is 10.1 Å². The summed E-state index contributed by atoms with van der Waals surface area (Å²) in [6.45, 7) is 4.58. The summed E-state index contributed by atoms with van der Waals surface area (Å²) in [5, 5.41) is 13.6. The quantitative estimate of drug-likeness (QED) is 0.326. The van der Waals surface area contributed by atoms with Crippen LogP contribution in [-0.2, 0) is 4.74 Å². The zero-order valence-corrected chi connectivity index (χ0v) is 15.9. The Hall–Kier alpha value is -2.15. The van der Waals surface area contributed by atoms with Gasteiger partial charge in [0.2, 0.25) is 0 Å². The minimum Gasteiger partial charge on any atom is -0.429 e. The highest BCUT2D eigenvalue weighted by Crippen LogP contribution is 2.28. The number of nitro groups is 1. The van der Waals surface area contributed by atoms with Crippen LogP contribution in [0, 0.1) is 16.0 Å². The number of ether oxygens (including phenoxy) is 2. The van der Waals surface area contributed by atoms with Crippen molar-refractivity contribution in [2.24, 2.45) is 5.92 Å². The van der Waals surface area contributed by atoms with Crippen LogP contribution >= 0.6 is 0 Å². The Labute approximate surface area is 155 Å². The van der Waals surface area contributed by atoms with E-state index in [1.54, 1.807) is 0 Å². The van der Waals surface area contributed by atoms with E-state index in [1.807, 2.05) is 20.9 Å². The lowest BCUT2D eigenvalue weighted by Crippen LogP contribution is -2.32. The number of nitrogens with zero attached hydrogens (tertiary/aromatic N) is 1. The minimum absolute atomic E-state index is 0.0546. The van der Waals surface area contributed by atoms with Gasteiger partial charge in [-0.1, -0.05) is 46.0 Å². The van der Waals surface area contributed by atoms with Gasteiger partial charge in [-0.25, -0.2) is 4.79 Å². The van der Waals surface area contributed by atoms with Crippen LogP contribution in [0.15, 0.2) is 24.3 Å². The maximum absolute atomic E-state index is 12.0. The molecule has 1 aromatic carbocycles. The SMILES string of the molecule is CC.CNCC(CC1CCCCC1)OC(=O)Oc1ccc([N+](=O)[O-])cc1. The fourth-order valence-electron chi connectivity index (χ4n) is 3.09. The Morgan fingerprint density at radius 3 is 2.38 bits per heavy atom. The molecule has 1 aromatic rings. The molecule has 1 saturated carbocycles. The van der Waals surface area contributed by atoms with Crippen molar-refractivity contribution in [3.63, 3.8) is 0 Å². The van der Waals surface area contributed by atoms with Crippen LogP contribution in [0.1, 0.15) is 52.4 Å². The minimum atomic E-state index is -0.778. The topological polar surface area (TPSA) is 90.7 Å². The van der Waals surface area contributed by atoms with Crippen LogP contribution in [0.5, 0.6) is 5.75 Å². The number of carbonyl (C=O) groups is 1. The summed E-state index contributed by atoms with van der Waals surface area (Å²) in [7, 11) is 1.82. The third-order valence-electron chi connectivity index (χ3n) is 4.26. The fraction of sp³-hybridized carbons (Fsp3) is 0.632. The molecule has 0 aliphatic heterocycles. The van der Waals surface area contributed by atoms with Gasteiger partial charge in [-0.2, -0.15) is 0 Å². The largest absolute Gasteiger partial charge is 0.514 e. The maximum Gasteiger partial charge on any atom is 0.514 e. The second-order valence-electron chi connectivity index (χ2n) is 6.14. The number of non-ortho nitro benzene ring substituents is 1. The van der Waals surface area contributed by atoms with Crippen LogP contribution in [0.2, 0.25) is 0 Å². The molecule has 146 valence electrons. The maximum atomic E-state index is 12.0. The zero-order chi connectivity index (χ0) is 19.4. The highest BCUT2D eigenvalue weighted by atomic mass is 16.7. The van der Waals surface area contributed by atoms with Crippen molar-refractivity contribution in [3.8, 4) is 5.75 Å². The molecule has 1 unspecified atom stereocenters. The molecule has 1 aliphatic carbocycles. The molecule has 0 radical (unpaired) electrons. The molecule has 0 saturated heterocycles. The second-order valence-corrected chi connectivity index (χ2v) is 6.14. The summed E-state index contributed by atoms with van der Waals surface area (Å²) in [5.74, 6) is 0.816.